The molecule has 0 saturated heterocycles. The predicted octanol–water partition coefficient (Wildman–Crippen LogP) is 7.50. The molecule has 0 amide bonds. The van der Waals surface area contributed by atoms with Gasteiger partial charge in [0.2, 0.25) is 0 Å². The monoisotopic (exact) mass is 440 g/mol. The van der Waals surface area contributed by atoms with Gasteiger partial charge in [-0.15, -0.1) is 22.9 Å². The Bertz CT molecular complexity index is 852. The van der Waals surface area contributed by atoms with Crippen LogP contribution >= 0.6 is 46.1 Å². The van der Waals surface area contributed by atoms with Crippen molar-refractivity contribution >= 4 is 64.3 Å². The molecule has 1 aromatic heterocycles. The van der Waals surface area contributed by atoms with Crippen LogP contribution in [0.1, 0.15) is 39.4 Å². The van der Waals surface area contributed by atoms with Crippen LogP contribution < -0.4 is 0 Å². The van der Waals surface area contributed by atoms with Gasteiger partial charge in [0.1, 0.15) is 4.88 Å². The Morgan fingerprint density at radius 1 is 1.15 bits per heavy atom. The molecule has 2 nitrogen and oxygen atoms in total. The summed E-state index contributed by atoms with van der Waals surface area (Å²) in [7, 11) is 0. The minimum atomic E-state index is -0.886. The summed E-state index contributed by atoms with van der Waals surface area (Å²) >= 11 is 19.9. The third kappa shape index (κ3) is 5.61. The molecule has 1 aromatic carbocycles. The van der Waals surface area contributed by atoms with E-state index in [0.717, 1.165) is 29.7 Å². The number of benzene rings is 1. The minimum absolute atomic E-state index is 0.144. The summed E-state index contributed by atoms with van der Waals surface area (Å²) in [5.41, 5.74) is 0.986. The second kappa shape index (κ2) is 9.29. The average Bonchev–Trinajstić information content (AvgIpc) is 3.20. The Morgan fingerprint density at radius 2 is 1.89 bits per heavy atom. The molecule has 0 radical (unpaired) electrons. The predicted molar refractivity (Wildman–Crippen MR) is 116 cm³/mol. The number of carboxylic acids is 1. The van der Waals surface area contributed by atoms with Crippen LogP contribution in [0.5, 0.6) is 0 Å². The van der Waals surface area contributed by atoms with E-state index in [1.54, 1.807) is 12.1 Å². The fourth-order valence-electron chi connectivity index (χ4n) is 3.41. The topological polar surface area (TPSA) is 37.3 Å². The van der Waals surface area contributed by atoms with Gasteiger partial charge >= 0.3 is 5.97 Å². The van der Waals surface area contributed by atoms with Gasteiger partial charge in [0.05, 0.1) is 0 Å². The Labute approximate surface area is 178 Å². The molecule has 1 aliphatic rings. The zero-order valence-electron chi connectivity index (χ0n) is 14.4. The number of alkyl halides is 1. The van der Waals surface area contributed by atoms with Crippen molar-refractivity contribution in [3.05, 3.63) is 67.8 Å². The van der Waals surface area contributed by atoms with E-state index in [2.05, 4.69) is 18.2 Å². The molecule has 3 rings (SSSR count). The highest BCUT2D eigenvalue weighted by Gasteiger charge is 2.32. The summed E-state index contributed by atoms with van der Waals surface area (Å²) in [4.78, 5) is 12.3. The number of carboxylic acid groups (broad SMARTS) is 1. The standard InChI is InChI=1S/C21H19Cl3O2S/c22-15-10-13(11-16(23)12-15)4-5-14-6-8-19(24)18(14)3-1-2-17-7-9-20(27-17)21(25)26/h1-2,4-5,7,9-12,14,18-19H,3,6,8H2,(H,25,26)/b2-1+,5-4+/t14-,18+,19+/m0/s1. The van der Waals surface area contributed by atoms with Crippen LogP contribution in [-0.2, 0) is 0 Å². The van der Waals surface area contributed by atoms with Crippen LogP contribution in [0, 0.1) is 11.8 Å². The zero-order valence-corrected chi connectivity index (χ0v) is 17.5. The van der Waals surface area contributed by atoms with Gasteiger partial charge in [-0.25, -0.2) is 4.79 Å². The molecule has 1 aliphatic carbocycles. The molecule has 1 N–H and O–H groups in total. The summed E-state index contributed by atoms with van der Waals surface area (Å²) in [6.45, 7) is 0. The summed E-state index contributed by atoms with van der Waals surface area (Å²) in [5, 5.41) is 10.4. The van der Waals surface area contributed by atoms with Gasteiger partial charge in [0.15, 0.2) is 0 Å². The van der Waals surface area contributed by atoms with E-state index in [-0.39, 0.29) is 5.38 Å². The SMILES string of the molecule is O=C(O)c1ccc(/C=C/C[C@H]2[C@H](Cl)CC[C@@H]2/C=C/c2cc(Cl)cc(Cl)c2)s1. The minimum Gasteiger partial charge on any atom is -0.477 e. The Kier molecular flexibility index (Phi) is 7.04. The van der Waals surface area contributed by atoms with Gasteiger partial charge in [-0.05, 0) is 73.1 Å². The van der Waals surface area contributed by atoms with Crippen molar-refractivity contribution in [3.8, 4) is 0 Å². The molecule has 142 valence electrons. The van der Waals surface area contributed by atoms with Crippen LogP contribution in [0.15, 0.2) is 42.5 Å². The summed E-state index contributed by atoms with van der Waals surface area (Å²) in [5.74, 6) is -0.136. The van der Waals surface area contributed by atoms with E-state index >= 15 is 0 Å². The lowest BCUT2D eigenvalue weighted by Crippen LogP contribution is -2.12. The van der Waals surface area contributed by atoms with E-state index in [0.29, 0.717) is 26.8 Å². The number of halogens is 3. The fourth-order valence-corrected chi connectivity index (χ4v) is 5.15. The molecule has 1 heterocycles. The maximum atomic E-state index is 11.0. The summed E-state index contributed by atoms with van der Waals surface area (Å²) in [6, 6.07) is 8.97. The van der Waals surface area contributed by atoms with Crippen molar-refractivity contribution in [1.29, 1.82) is 0 Å². The molecule has 0 aliphatic heterocycles. The van der Waals surface area contributed by atoms with Gasteiger partial charge in [-0.1, -0.05) is 41.4 Å². The molecular weight excluding hydrogens is 423 g/mol. The van der Waals surface area contributed by atoms with Crippen molar-refractivity contribution < 1.29 is 9.90 Å². The van der Waals surface area contributed by atoms with Gasteiger partial charge < -0.3 is 5.11 Å². The van der Waals surface area contributed by atoms with Gasteiger partial charge in [-0.2, -0.15) is 0 Å². The molecular formula is C21H19Cl3O2S. The van der Waals surface area contributed by atoms with Crippen molar-refractivity contribution in [1.82, 2.24) is 0 Å². The first-order valence-corrected chi connectivity index (χ1v) is 10.7. The van der Waals surface area contributed by atoms with E-state index < -0.39 is 5.97 Å². The van der Waals surface area contributed by atoms with Gasteiger partial charge in [-0.3, -0.25) is 0 Å². The molecule has 27 heavy (non-hydrogen) atoms. The molecule has 0 spiro atoms. The third-order valence-electron chi connectivity index (χ3n) is 4.74. The lowest BCUT2D eigenvalue weighted by molar-refractivity contribution is 0.0702. The number of hydrogen-bond acceptors (Lipinski definition) is 2. The van der Waals surface area contributed by atoms with Crippen LogP contribution in [0.25, 0.3) is 12.2 Å². The first-order valence-electron chi connectivity index (χ1n) is 8.70. The van der Waals surface area contributed by atoms with Gasteiger partial charge in [0, 0.05) is 20.3 Å². The van der Waals surface area contributed by atoms with E-state index in [1.807, 2.05) is 24.3 Å². The number of allylic oxidation sites excluding steroid dienone is 2. The lowest BCUT2D eigenvalue weighted by atomic mass is 9.91. The number of rotatable bonds is 6. The quantitative estimate of drug-likeness (QED) is 0.471. The second-order valence-electron chi connectivity index (χ2n) is 6.63. The number of carbonyl (C=O) groups is 1. The average molecular weight is 442 g/mol. The van der Waals surface area contributed by atoms with Crippen molar-refractivity contribution in [2.75, 3.05) is 0 Å². The second-order valence-corrected chi connectivity index (χ2v) is 9.18. The highest BCUT2D eigenvalue weighted by molar-refractivity contribution is 7.14. The lowest BCUT2D eigenvalue weighted by Gasteiger charge is -2.17. The fraction of sp³-hybridized carbons (Fsp3) is 0.286. The molecule has 6 heteroatoms. The normalized spacial score (nSPS) is 22.9. The first-order chi connectivity index (χ1) is 12.9. The number of aromatic carboxylic acids is 1. The highest BCUT2D eigenvalue weighted by Crippen LogP contribution is 2.39. The van der Waals surface area contributed by atoms with Crippen LogP contribution in [0.2, 0.25) is 10.0 Å². The largest absolute Gasteiger partial charge is 0.477 e. The maximum absolute atomic E-state index is 11.0. The number of thiophene rings is 1. The van der Waals surface area contributed by atoms with Crippen molar-refractivity contribution in [2.24, 2.45) is 11.8 Å². The highest BCUT2D eigenvalue weighted by atomic mass is 35.5. The van der Waals surface area contributed by atoms with Crippen molar-refractivity contribution in [3.63, 3.8) is 0 Å². The Hall–Kier alpha value is -1.26. The van der Waals surface area contributed by atoms with Gasteiger partial charge in [0.25, 0.3) is 0 Å². The van der Waals surface area contributed by atoms with E-state index in [1.165, 1.54) is 11.3 Å². The van der Waals surface area contributed by atoms with Crippen LogP contribution in [0.4, 0.5) is 0 Å². The molecule has 2 aromatic rings. The molecule has 0 unspecified atom stereocenters. The van der Waals surface area contributed by atoms with Crippen LogP contribution in [-0.4, -0.2) is 16.5 Å². The van der Waals surface area contributed by atoms with E-state index in [9.17, 15) is 4.79 Å². The molecule has 1 fully saturated rings. The van der Waals surface area contributed by atoms with E-state index in [4.69, 9.17) is 39.9 Å². The molecule has 3 atom stereocenters. The first kappa shape index (κ1) is 20.5. The van der Waals surface area contributed by atoms with Crippen molar-refractivity contribution in [2.45, 2.75) is 24.6 Å². The summed E-state index contributed by atoms with van der Waals surface area (Å²) < 4.78 is 0. The maximum Gasteiger partial charge on any atom is 0.345 e. The molecule has 0 bridgehead atoms. The molecule has 1 saturated carbocycles. The Balaban J connectivity index is 1.65. The third-order valence-corrected chi connectivity index (χ3v) is 6.76. The smallest absolute Gasteiger partial charge is 0.345 e. The Morgan fingerprint density at radius 3 is 2.56 bits per heavy atom. The number of hydrogen-bond donors (Lipinski definition) is 1. The summed E-state index contributed by atoms with van der Waals surface area (Å²) in [6.07, 6.45) is 11.3. The van der Waals surface area contributed by atoms with Crippen LogP contribution in [0.3, 0.4) is 0 Å². The zero-order chi connectivity index (χ0) is 19.4.